The predicted molar refractivity (Wildman–Crippen MR) is 70.5 cm³/mol. The third-order valence-electron chi connectivity index (χ3n) is 3.69. The van der Waals surface area contributed by atoms with Crippen LogP contribution < -0.4 is 0 Å². The molecule has 1 heterocycles. The molecule has 0 atom stereocenters. The Labute approximate surface area is 107 Å². The van der Waals surface area contributed by atoms with E-state index in [1.807, 2.05) is 44.2 Å². The fraction of sp³-hybridized carbons (Fsp3) is 0.312. The molecule has 0 aromatic heterocycles. The molecule has 2 heteroatoms. The van der Waals surface area contributed by atoms with Gasteiger partial charge in [0.2, 0.25) is 0 Å². The van der Waals surface area contributed by atoms with Crippen molar-refractivity contribution in [1.82, 2.24) is 0 Å². The van der Waals surface area contributed by atoms with Gasteiger partial charge in [-0.05, 0) is 38.5 Å². The summed E-state index contributed by atoms with van der Waals surface area (Å²) in [7, 11) is 0. The van der Waals surface area contributed by atoms with Crippen LogP contribution in [0.25, 0.3) is 0 Å². The van der Waals surface area contributed by atoms with E-state index in [0.717, 1.165) is 17.9 Å². The van der Waals surface area contributed by atoms with Crippen LogP contribution in [0.15, 0.2) is 59.6 Å². The number of ketones is 1. The molecule has 0 unspecified atom stereocenters. The monoisotopic (exact) mass is 240 g/mol. The number of hydrogen-bond donors (Lipinski definition) is 0. The van der Waals surface area contributed by atoms with E-state index in [2.05, 4.69) is 12.2 Å². The summed E-state index contributed by atoms with van der Waals surface area (Å²) in [6.45, 7) is 3.80. The van der Waals surface area contributed by atoms with Gasteiger partial charge in [-0.15, -0.1) is 0 Å². The maximum Gasteiger partial charge on any atom is 0.169 e. The van der Waals surface area contributed by atoms with Gasteiger partial charge in [-0.1, -0.05) is 29.9 Å². The Balaban J connectivity index is 1.94. The maximum atomic E-state index is 12.3. The van der Waals surface area contributed by atoms with Crippen molar-refractivity contribution in [3.63, 3.8) is 0 Å². The fourth-order valence-electron chi connectivity index (χ4n) is 3.00. The third kappa shape index (κ3) is 1.69. The Bertz CT molecular complexity index is 526. The Morgan fingerprint density at radius 3 is 2.39 bits per heavy atom. The van der Waals surface area contributed by atoms with Gasteiger partial charge >= 0.3 is 0 Å². The highest BCUT2D eigenvalue weighted by Crippen LogP contribution is 2.44. The van der Waals surface area contributed by atoms with Crippen LogP contribution in [-0.2, 0) is 9.53 Å². The first-order valence-corrected chi connectivity index (χ1v) is 6.26. The van der Waals surface area contributed by atoms with Gasteiger partial charge in [-0.3, -0.25) is 4.79 Å². The average molecular weight is 240 g/mol. The van der Waals surface area contributed by atoms with Crippen LogP contribution >= 0.6 is 0 Å². The fourth-order valence-corrected chi connectivity index (χ4v) is 3.00. The lowest BCUT2D eigenvalue weighted by molar-refractivity contribution is -0.119. The van der Waals surface area contributed by atoms with Crippen molar-refractivity contribution in [3.8, 4) is 0 Å². The van der Waals surface area contributed by atoms with E-state index in [4.69, 9.17) is 4.74 Å². The van der Waals surface area contributed by atoms with Crippen molar-refractivity contribution in [2.45, 2.75) is 20.3 Å². The minimum Gasteiger partial charge on any atom is -0.467 e. The van der Waals surface area contributed by atoms with Crippen LogP contribution in [0.5, 0.6) is 0 Å². The Morgan fingerprint density at radius 2 is 1.78 bits per heavy atom. The number of carbonyl (C=O) groups is 1. The van der Waals surface area contributed by atoms with Gasteiger partial charge in [0.25, 0.3) is 0 Å². The molecule has 0 aromatic rings. The number of allylic oxidation sites excluding steroid dienone is 10. The molecule has 0 N–H and O–H groups in total. The second kappa shape index (κ2) is 3.84. The van der Waals surface area contributed by atoms with E-state index in [-0.39, 0.29) is 5.78 Å². The van der Waals surface area contributed by atoms with Gasteiger partial charge < -0.3 is 4.74 Å². The molecule has 1 aliphatic heterocycles. The SMILES string of the molecule is CC1=CC2(C=C(C)O1)CC(C1C=CC=C1)=CC2=O. The van der Waals surface area contributed by atoms with Crippen LogP contribution in [0.4, 0.5) is 0 Å². The standard InChI is InChI=1S/C16H16O2/c1-11-8-16(9-12(2)18-11)10-14(7-15(16)17)13-5-3-4-6-13/h3-9,13H,10H2,1-2H3. The molecule has 1 spiro atoms. The van der Waals surface area contributed by atoms with Crippen molar-refractivity contribution in [2.24, 2.45) is 11.3 Å². The first-order valence-electron chi connectivity index (χ1n) is 6.26. The summed E-state index contributed by atoms with van der Waals surface area (Å²) < 4.78 is 5.50. The van der Waals surface area contributed by atoms with E-state index < -0.39 is 5.41 Å². The van der Waals surface area contributed by atoms with Crippen molar-refractivity contribution < 1.29 is 9.53 Å². The van der Waals surface area contributed by atoms with Crippen LogP contribution in [0.3, 0.4) is 0 Å². The molecule has 0 fully saturated rings. The van der Waals surface area contributed by atoms with Gasteiger partial charge in [0.05, 0.1) is 16.9 Å². The van der Waals surface area contributed by atoms with Crippen LogP contribution in [0, 0.1) is 11.3 Å². The molecule has 0 aromatic carbocycles. The maximum absolute atomic E-state index is 12.3. The topological polar surface area (TPSA) is 26.3 Å². The zero-order chi connectivity index (χ0) is 12.8. The highest BCUT2D eigenvalue weighted by atomic mass is 16.5. The summed E-state index contributed by atoms with van der Waals surface area (Å²) in [6, 6.07) is 0. The molecule has 0 amide bonds. The molecule has 0 radical (unpaired) electrons. The average Bonchev–Trinajstić information content (AvgIpc) is 2.87. The molecule has 0 bridgehead atoms. The lowest BCUT2D eigenvalue weighted by atomic mass is 9.80. The number of ether oxygens (including phenoxy) is 1. The molecule has 2 aliphatic carbocycles. The van der Waals surface area contributed by atoms with Gasteiger partial charge in [0.15, 0.2) is 5.78 Å². The van der Waals surface area contributed by atoms with E-state index in [1.165, 1.54) is 5.57 Å². The second-order valence-electron chi connectivity index (χ2n) is 5.21. The molecular weight excluding hydrogens is 224 g/mol. The van der Waals surface area contributed by atoms with E-state index in [9.17, 15) is 4.79 Å². The first kappa shape index (κ1) is 11.3. The van der Waals surface area contributed by atoms with Crippen LogP contribution in [0.1, 0.15) is 20.3 Å². The van der Waals surface area contributed by atoms with Crippen LogP contribution in [0.2, 0.25) is 0 Å². The van der Waals surface area contributed by atoms with Gasteiger partial charge in [-0.2, -0.15) is 0 Å². The van der Waals surface area contributed by atoms with E-state index >= 15 is 0 Å². The van der Waals surface area contributed by atoms with Gasteiger partial charge in [0.1, 0.15) is 0 Å². The molecule has 92 valence electrons. The Hall–Kier alpha value is -1.83. The molecule has 2 nitrogen and oxygen atoms in total. The van der Waals surface area contributed by atoms with Crippen molar-refractivity contribution in [1.29, 1.82) is 0 Å². The zero-order valence-corrected chi connectivity index (χ0v) is 10.6. The first-order chi connectivity index (χ1) is 8.59. The minimum atomic E-state index is -0.494. The van der Waals surface area contributed by atoms with Gasteiger partial charge in [0, 0.05) is 5.92 Å². The van der Waals surface area contributed by atoms with Crippen molar-refractivity contribution >= 4 is 5.78 Å². The lowest BCUT2D eigenvalue weighted by Crippen LogP contribution is -2.25. The molecule has 3 rings (SSSR count). The summed E-state index contributed by atoms with van der Waals surface area (Å²) in [5.41, 5.74) is 0.700. The summed E-state index contributed by atoms with van der Waals surface area (Å²) in [4.78, 5) is 12.3. The van der Waals surface area contributed by atoms with Crippen molar-refractivity contribution in [3.05, 3.63) is 59.6 Å². The number of hydrogen-bond acceptors (Lipinski definition) is 2. The third-order valence-corrected chi connectivity index (χ3v) is 3.69. The zero-order valence-electron chi connectivity index (χ0n) is 10.6. The van der Waals surface area contributed by atoms with E-state index in [0.29, 0.717) is 5.92 Å². The van der Waals surface area contributed by atoms with Crippen molar-refractivity contribution in [2.75, 3.05) is 0 Å². The number of rotatable bonds is 1. The smallest absolute Gasteiger partial charge is 0.169 e. The Kier molecular flexibility index (Phi) is 2.40. The molecule has 18 heavy (non-hydrogen) atoms. The normalized spacial score (nSPS) is 25.2. The molecule has 0 saturated heterocycles. The summed E-state index contributed by atoms with van der Waals surface area (Å²) in [5, 5.41) is 0. The highest BCUT2D eigenvalue weighted by Gasteiger charge is 2.42. The highest BCUT2D eigenvalue weighted by molar-refractivity contribution is 6.01. The quantitative estimate of drug-likeness (QED) is 0.701. The number of carbonyl (C=O) groups excluding carboxylic acids is 1. The molecule has 3 aliphatic rings. The summed E-state index contributed by atoms with van der Waals surface area (Å²) >= 11 is 0. The lowest BCUT2D eigenvalue weighted by Gasteiger charge is -2.27. The largest absolute Gasteiger partial charge is 0.467 e. The van der Waals surface area contributed by atoms with E-state index in [1.54, 1.807) is 0 Å². The Morgan fingerprint density at radius 1 is 1.17 bits per heavy atom. The summed E-state index contributed by atoms with van der Waals surface area (Å²) in [6.07, 6.45) is 14.8. The summed E-state index contributed by atoms with van der Waals surface area (Å²) in [5.74, 6) is 2.10. The van der Waals surface area contributed by atoms with Gasteiger partial charge in [-0.25, -0.2) is 0 Å². The molecule has 0 saturated carbocycles. The predicted octanol–water partition coefficient (Wildman–Crippen LogP) is 3.45. The van der Waals surface area contributed by atoms with Crippen LogP contribution in [-0.4, -0.2) is 5.78 Å². The minimum absolute atomic E-state index is 0.174. The second-order valence-corrected chi connectivity index (χ2v) is 5.21. The molecular formula is C16H16O2.